The van der Waals surface area contributed by atoms with Crippen LogP contribution in [0.25, 0.3) is 11.5 Å². The van der Waals surface area contributed by atoms with Crippen LogP contribution in [0.5, 0.6) is 0 Å². The van der Waals surface area contributed by atoms with Gasteiger partial charge in [-0.15, -0.1) is 0 Å². The molecule has 3 aromatic carbocycles. The third-order valence-electron chi connectivity index (χ3n) is 6.36. The number of halogens is 1. The van der Waals surface area contributed by atoms with Crippen LogP contribution < -0.4 is 0 Å². The number of amidine groups is 1. The monoisotopic (exact) mass is 504 g/mol. The molecule has 0 atom stereocenters. The Balaban J connectivity index is 1.80. The van der Waals surface area contributed by atoms with E-state index in [-0.39, 0.29) is 11.1 Å². The molecule has 3 aromatic rings. The molecule has 0 bridgehead atoms. The molecule has 2 aliphatic heterocycles. The van der Waals surface area contributed by atoms with Gasteiger partial charge in [0.2, 0.25) is 0 Å². The average molecular weight is 505 g/mol. The van der Waals surface area contributed by atoms with Crippen LogP contribution in [0.3, 0.4) is 0 Å². The van der Waals surface area contributed by atoms with E-state index in [1.165, 1.54) is 0 Å². The normalized spacial score (nSPS) is 20.1. The molecule has 0 radical (unpaired) electrons. The van der Waals surface area contributed by atoms with E-state index >= 15 is 0 Å². The van der Waals surface area contributed by atoms with Crippen LogP contribution >= 0.6 is 11.1 Å². The zero-order chi connectivity index (χ0) is 25.1. The molecular weight excluding hydrogens is 472 g/mol. The fraction of sp³-hybridized carbons (Fsp3) is 0.276. The molecule has 0 fully saturated rings. The van der Waals surface area contributed by atoms with E-state index in [1.807, 2.05) is 66.7 Å². The Morgan fingerprint density at radius 2 is 1.00 bits per heavy atom. The van der Waals surface area contributed by atoms with Gasteiger partial charge in [-0.1, -0.05) is 0 Å². The summed E-state index contributed by atoms with van der Waals surface area (Å²) in [6, 6.07) is 30.6. The molecule has 0 unspecified atom stereocenters. The fourth-order valence-electron chi connectivity index (χ4n) is 5.28. The molecule has 0 saturated heterocycles. The Bertz CT molecular complexity index is 1270. The molecular formula is C29H33ClN2O2Si. The Morgan fingerprint density at radius 1 is 0.629 bits per heavy atom. The van der Waals surface area contributed by atoms with E-state index in [4.69, 9.17) is 19.9 Å². The van der Waals surface area contributed by atoms with E-state index in [2.05, 4.69) is 74.6 Å². The maximum absolute atomic E-state index is 7.93. The summed E-state index contributed by atoms with van der Waals surface area (Å²) in [4.78, 5) is 0. The summed E-state index contributed by atoms with van der Waals surface area (Å²) in [5.74, 6) is 2.38. The fourth-order valence-corrected chi connectivity index (χ4v) is 12.7. The predicted octanol–water partition coefficient (Wildman–Crippen LogP) is 7.06. The van der Waals surface area contributed by atoms with Gasteiger partial charge in [0.25, 0.3) is 0 Å². The summed E-state index contributed by atoms with van der Waals surface area (Å²) in [5.41, 5.74) is 2.24. The van der Waals surface area contributed by atoms with Crippen molar-refractivity contribution < 1.29 is 13.1 Å². The van der Waals surface area contributed by atoms with Gasteiger partial charge in [0.15, 0.2) is 0 Å². The van der Waals surface area contributed by atoms with Crippen molar-refractivity contribution in [1.29, 1.82) is 0 Å². The Kier molecular flexibility index (Phi) is 5.24. The minimum absolute atomic E-state index is 0.365. The summed E-state index contributed by atoms with van der Waals surface area (Å²) in [7, 11) is -4.48. The molecule has 0 N–H and O–H groups in total. The summed E-state index contributed by atoms with van der Waals surface area (Å²) in [6.07, 6.45) is 0. The first-order valence-electron chi connectivity index (χ1n) is 12.1. The van der Waals surface area contributed by atoms with Crippen molar-refractivity contribution in [2.45, 2.75) is 52.6 Å². The quantitative estimate of drug-likeness (QED) is 0.282. The Morgan fingerprint density at radius 3 is 1.34 bits per heavy atom. The van der Waals surface area contributed by atoms with Crippen molar-refractivity contribution in [2.75, 3.05) is 0 Å². The maximum atomic E-state index is 7.93. The number of hydrogen-bond donors (Lipinski definition) is 0. The van der Waals surface area contributed by atoms with Crippen LogP contribution in [0.15, 0.2) is 91.0 Å². The van der Waals surface area contributed by atoms with Crippen LogP contribution in [0.2, 0.25) is 0 Å². The molecule has 5 rings (SSSR count). The first-order valence-corrected chi connectivity index (χ1v) is 15.3. The Labute approximate surface area is 213 Å². The van der Waals surface area contributed by atoms with Crippen molar-refractivity contribution in [3.05, 3.63) is 108 Å². The van der Waals surface area contributed by atoms with Gasteiger partial charge < -0.3 is 0 Å². The van der Waals surface area contributed by atoms with Crippen molar-refractivity contribution >= 4 is 35.9 Å². The second-order valence-corrected chi connectivity index (χ2v) is 16.2. The van der Waals surface area contributed by atoms with Crippen LogP contribution in [-0.2, 0) is 8.85 Å². The van der Waals surface area contributed by atoms with Gasteiger partial charge in [-0.3, -0.25) is 0 Å². The minimum atomic E-state index is -4.48. The number of hydrogen-bond acceptors (Lipinski definition) is 3. The molecule has 0 amide bonds. The average Bonchev–Trinajstić information content (AvgIpc) is 3.15. The van der Waals surface area contributed by atoms with Crippen molar-refractivity contribution in [3.8, 4) is 0 Å². The van der Waals surface area contributed by atoms with Gasteiger partial charge in [-0.2, -0.15) is 0 Å². The molecule has 2 aliphatic rings. The standard InChI is InChI=1S/C29H33ClN2O2Si/c1-28(2,3)31-27(24-20-14-9-15-21-24)32(29(4,5)6)35(31,30)33-25(22-16-10-7-11-17-22)26(34-35)23-18-12-8-13-19-23/h7-21H,1-6H3. The van der Waals surface area contributed by atoms with E-state index in [9.17, 15) is 0 Å². The van der Waals surface area contributed by atoms with Gasteiger partial charge in [-0.05, 0) is 0 Å². The second-order valence-electron chi connectivity index (χ2n) is 11.2. The van der Waals surface area contributed by atoms with Crippen molar-refractivity contribution in [2.24, 2.45) is 0 Å². The first-order chi connectivity index (χ1) is 16.4. The summed E-state index contributed by atoms with van der Waals surface area (Å²) >= 11 is 7.93. The summed E-state index contributed by atoms with van der Waals surface area (Å²) in [6.45, 7) is 13.0. The van der Waals surface area contributed by atoms with Gasteiger partial charge in [-0.25, -0.2) is 0 Å². The third-order valence-corrected chi connectivity index (χ3v) is 12.2. The van der Waals surface area contributed by atoms with Gasteiger partial charge in [0, 0.05) is 0 Å². The third kappa shape index (κ3) is 3.60. The molecule has 2 heterocycles. The number of rotatable bonds is 3. The van der Waals surface area contributed by atoms with Crippen molar-refractivity contribution in [3.63, 3.8) is 0 Å². The molecule has 0 aliphatic carbocycles. The SMILES string of the molecule is CC(C)(C)N1C(c2ccccc2)=[N+](C(C)(C)C)[Si-]12(Cl)OC(c1ccccc1)=C(c1ccccc1)O2. The molecule has 35 heavy (non-hydrogen) atoms. The van der Waals surface area contributed by atoms with Crippen LogP contribution in [0.1, 0.15) is 58.2 Å². The number of benzene rings is 3. The second kappa shape index (κ2) is 7.74. The first kappa shape index (κ1) is 23.7. The molecule has 4 nitrogen and oxygen atoms in total. The molecule has 0 saturated carbocycles. The topological polar surface area (TPSA) is 24.7 Å². The zero-order valence-electron chi connectivity index (χ0n) is 21.2. The molecule has 182 valence electrons. The summed E-state index contributed by atoms with van der Waals surface area (Å²) < 4.78 is 18.6. The van der Waals surface area contributed by atoms with Crippen molar-refractivity contribution in [1.82, 2.24) is 4.57 Å². The van der Waals surface area contributed by atoms with Gasteiger partial charge in [0.1, 0.15) is 0 Å². The summed E-state index contributed by atoms with van der Waals surface area (Å²) in [5, 5.41) is 0. The molecule has 1 spiro atoms. The molecule has 6 heteroatoms. The van der Waals surface area contributed by atoms with Crippen LogP contribution in [0.4, 0.5) is 0 Å². The Hall–Kier alpha value is -3.02. The van der Waals surface area contributed by atoms with Crippen LogP contribution in [0, 0.1) is 0 Å². The predicted molar refractivity (Wildman–Crippen MR) is 146 cm³/mol. The van der Waals surface area contributed by atoms with E-state index in [0.29, 0.717) is 11.5 Å². The van der Waals surface area contributed by atoms with Crippen LogP contribution in [-0.4, -0.2) is 33.2 Å². The van der Waals surface area contributed by atoms with E-state index in [0.717, 1.165) is 22.5 Å². The van der Waals surface area contributed by atoms with Gasteiger partial charge in [0.05, 0.1) is 0 Å². The van der Waals surface area contributed by atoms with E-state index in [1.54, 1.807) is 0 Å². The number of nitrogens with zero attached hydrogens (tertiary/aromatic N) is 2. The van der Waals surface area contributed by atoms with Gasteiger partial charge >= 0.3 is 214 Å². The molecule has 0 aromatic heterocycles. The van der Waals surface area contributed by atoms with E-state index < -0.39 is 7.47 Å². The zero-order valence-corrected chi connectivity index (χ0v) is 23.0.